The molecule has 0 N–H and O–H groups in total. The van der Waals surface area contributed by atoms with Crippen molar-refractivity contribution in [1.82, 2.24) is 4.90 Å². The Balaban J connectivity index is 2.28. The molecule has 0 atom stereocenters. The van der Waals surface area contributed by atoms with Gasteiger partial charge in [-0.2, -0.15) is 0 Å². The first-order valence-electron chi connectivity index (χ1n) is 5.53. The lowest BCUT2D eigenvalue weighted by Gasteiger charge is -2.30. The molecule has 1 rings (SSSR count). The summed E-state index contributed by atoms with van der Waals surface area (Å²) in [5.74, 6) is 0.876. The number of Topliss-reactive ketones (excluding diaryl/α,β-unsaturated/α-hetero) is 1. The van der Waals surface area contributed by atoms with Gasteiger partial charge in [0.25, 0.3) is 0 Å². The fraction of sp³-hybridized carbons (Fsp3) is 0.909. The molecule has 1 saturated heterocycles. The van der Waals surface area contributed by atoms with E-state index >= 15 is 0 Å². The van der Waals surface area contributed by atoms with Gasteiger partial charge in [-0.1, -0.05) is 13.8 Å². The number of piperidine rings is 1. The Hall–Kier alpha value is -0.370. The van der Waals surface area contributed by atoms with Gasteiger partial charge in [-0.15, -0.1) is 0 Å². The molecule has 13 heavy (non-hydrogen) atoms. The van der Waals surface area contributed by atoms with Gasteiger partial charge in [-0.05, 0) is 38.9 Å². The first kappa shape index (κ1) is 10.7. The summed E-state index contributed by atoms with van der Waals surface area (Å²) in [6.07, 6.45) is 3.98. The number of hydrogen-bond acceptors (Lipinski definition) is 2. The van der Waals surface area contributed by atoms with Gasteiger partial charge in [0.05, 0.1) is 0 Å². The molecule has 0 amide bonds. The van der Waals surface area contributed by atoms with Crippen LogP contribution in [0.15, 0.2) is 0 Å². The highest BCUT2D eigenvalue weighted by Gasteiger charge is 2.22. The standard InChI is InChI=1S/C11H21NO/c1-3-5-11(13)10-6-8-12(4-2)9-7-10/h10H,3-9H2,1-2H3. The molecule has 0 unspecified atom stereocenters. The van der Waals surface area contributed by atoms with E-state index in [1.165, 1.54) is 0 Å². The molecule has 1 aliphatic rings. The Morgan fingerprint density at radius 3 is 2.38 bits per heavy atom. The van der Waals surface area contributed by atoms with E-state index in [2.05, 4.69) is 18.7 Å². The van der Waals surface area contributed by atoms with Crippen LogP contribution in [-0.4, -0.2) is 30.3 Å². The number of rotatable bonds is 4. The molecule has 1 fully saturated rings. The summed E-state index contributed by atoms with van der Waals surface area (Å²) in [7, 11) is 0. The SMILES string of the molecule is CCCC(=O)C1CCN(CC)CC1. The highest BCUT2D eigenvalue weighted by molar-refractivity contribution is 5.81. The highest BCUT2D eigenvalue weighted by atomic mass is 16.1. The molecule has 0 saturated carbocycles. The normalized spacial score (nSPS) is 20.5. The third-order valence-corrected chi connectivity index (χ3v) is 2.99. The van der Waals surface area contributed by atoms with Crippen LogP contribution in [0.4, 0.5) is 0 Å². The van der Waals surface area contributed by atoms with E-state index in [0.29, 0.717) is 11.7 Å². The molecule has 1 heterocycles. The number of carbonyl (C=O) groups is 1. The van der Waals surface area contributed by atoms with E-state index in [9.17, 15) is 4.79 Å². The minimum atomic E-state index is 0.378. The number of carbonyl (C=O) groups excluding carboxylic acids is 1. The lowest BCUT2D eigenvalue weighted by Crippen LogP contribution is -2.36. The van der Waals surface area contributed by atoms with Crippen molar-refractivity contribution in [3.8, 4) is 0 Å². The third-order valence-electron chi connectivity index (χ3n) is 2.99. The topological polar surface area (TPSA) is 20.3 Å². The number of nitrogens with zero attached hydrogens (tertiary/aromatic N) is 1. The molecular formula is C11H21NO. The largest absolute Gasteiger partial charge is 0.304 e. The first-order valence-corrected chi connectivity index (χ1v) is 5.53. The van der Waals surface area contributed by atoms with Crippen LogP contribution in [0.2, 0.25) is 0 Å². The van der Waals surface area contributed by atoms with Crippen molar-refractivity contribution < 1.29 is 4.79 Å². The summed E-state index contributed by atoms with van der Waals surface area (Å²) in [6, 6.07) is 0. The van der Waals surface area contributed by atoms with E-state index < -0.39 is 0 Å². The van der Waals surface area contributed by atoms with E-state index in [0.717, 1.165) is 45.3 Å². The third kappa shape index (κ3) is 3.11. The Morgan fingerprint density at radius 2 is 1.92 bits per heavy atom. The summed E-state index contributed by atoms with van der Waals surface area (Å²) in [4.78, 5) is 14.0. The van der Waals surface area contributed by atoms with Crippen molar-refractivity contribution >= 4 is 5.78 Å². The van der Waals surface area contributed by atoms with Gasteiger partial charge in [0.15, 0.2) is 0 Å². The molecule has 2 heteroatoms. The van der Waals surface area contributed by atoms with Crippen molar-refractivity contribution in [2.75, 3.05) is 19.6 Å². The maximum atomic E-state index is 11.6. The molecule has 0 aromatic rings. The van der Waals surface area contributed by atoms with Crippen LogP contribution in [0.5, 0.6) is 0 Å². The molecule has 0 bridgehead atoms. The summed E-state index contributed by atoms with van der Waals surface area (Å²) in [6.45, 7) is 7.65. The van der Waals surface area contributed by atoms with E-state index in [1.54, 1.807) is 0 Å². The van der Waals surface area contributed by atoms with Crippen LogP contribution >= 0.6 is 0 Å². The maximum absolute atomic E-state index is 11.6. The van der Waals surface area contributed by atoms with Crippen LogP contribution in [0.25, 0.3) is 0 Å². The van der Waals surface area contributed by atoms with Crippen molar-refractivity contribution in [2.45, 2.75) is 39.5 Å². The van der Waals surface area contributed by atoms with Crippen LogP contribution < -0.4 is 0 Å². The van der Waals surface area contributed by atoms with Gasteiger partial charge in [0, 0.05) is 12.3 Å². The monoisotopic (exact) mass is 183 g/mol. The predicted octanol–water partition coefficient (Wildman–Crippen LogP) is 2.09. The predicted molar refractivity (Wildman–Crippen MR) is 54.8 cm³/mol. The van der Waals surface area contributed by atoms with Crippen molar-refractivity contribution in [1.29, 1.82) is 0 Å². The molecule has 0 radical (unpaired) electrons. The zero-order valence-corrected chi connectivity index (χ0v) is 8.88. The first-order chi connectivity index (χ1) is 6.27. The van der Waals surface area contributed by atoms with Crippen LogP contribution in [0.3, 0.4) is 0 Å². The highest BCUT2D eigenvalue weighted by Crippen LogP contribution is 2.19. The molecule has 2 nitrogen and oxygen atoms in total. The smallest absolute Gasteiger partial charge is 0.136 e. The summed E-state index contributed by atoms with van der Waals surface area (Å²) in [5, 5.41) is 0. The summed E-state index contributed by atoms with van der Waals surface area (Å²) >= 11 is 0. The second-order valence-electron chi connectivity index (χ2n) is 3.92. The summed E-state index contributed by atoms with van der Waals surface area (Å²) in [5.41, 5.74) is 0. The maximum Gasteiger partial charge on any atom is 0.136 e. The van der Waals surface area contributed by atoms with E-state index in [4.69, 9.17) is 0 Å². The lowest BCUT2D eigenvalue weighted by atomic mass is 9.90. The van der Waals surface area contributed by atoms with Crippen molar-refractivity contribution in [3.63, 3.8) is 0 Å². The van der Waals surface area contributed by atoms with Crippen LogP contribution in [0.1, 0.15) is 39.5 Å². The zero-order chi connectivity index (χ0) is 9.68. The molecular weight excluding hydrogens is 162 g/mol. The average molecular weight is 183 g/mol. The van der Waals surface area contributed by atoms with Crippen molar-refractivity contribution in [2.24, 2.45) is 5.92 Å². The Kier molecular flexibility index (Phi) is 4.43. The Bertz CT molecular complexity index is 159. The minimum absolute atomic E-state index is 0.378. The van der Waals surface area contributed by atoms with Gasteiger partial charge >= 0.3 is 0 Å². The zero-order valence-electron chi connectivity index (χ0n) is 8.88. The number of hydrogen-bond donors (Lipinski definition) is 0. The van der Waals surface area contributed by atoms with Gasteiger partial charge in [-0.25, -0.2) is 0 Å². The number of likely N-dealkylation sites (tertiary alicyclic amines) is 1. The summed E-state index contributed by atoms with van der Waals surface area (Å²) < 4.78 is 0. The second-order valence-corrected chi connectivity index (χ2v) is 3.92. The average Bonchev–Trinajstić information content (AvgIpc) is 2.18. The van der Waals surface area contributed by atoms with E-state index in [-0.39, 0.29) is 0 Å². The molecule has 0 spiro atoms. The van der Waals surface area contributed by atoms with Crippen molar-refractivity contribution in [3.05, 3.63) is 0 Å². The molecule has 0 aromatic carbocycles. The van der Waals surface area contributed by atoms with Crippen LogP contribution in [0, 0.1) is 5.92 Å². The minimum Gasteiger partial charge on any atom is -0.304 e. The fourth-order valence-corrected chi connectivity index (χ4v) is 2.02. The van der Waals surface area contributed by atoms with Gasteiger partial charge in [0.1, 0.15) is 5.78 Å². The molecule has 0 aliphatic carbocycles. The van der Waals surface area contributed by atoms with E-state index in [1.807, 2.05) is 0 Å². The van der Waals surface area contributed by atoms with Gasteiger partial charge in [-0.3, -0.25) is 4.79 Å². The van der Waals surface area contributed by atoms with Gasteiger partial charge < -0.3 is 4.90 Å². The van der Waals surface area contributed by atoms with Gasteiger partial charge in [0.2, 0.25) is 0 Å². The molecule has 0 aromatic heterocycles. The van der Waals surface area contributed by atoms with Crippen LogP contribution in [-0.2, 0) is 4.79 Å². The molecule has 76 valence electrons. The fourth-order valence-electron chi connectivity index (χ4n) is 2.02. The Morgan fingerprint density at radius 1 is 1.31 bits per heavy atom. The number of ketones is 1. The second kappa shape index (κ2) is 5.38. The lowest BCUT2D eigenvalue weighted by molar-refractivity contribution is -0.124. The molecule has 1 aliphatic heterocycles. The Labute approximate surface area is 81.3 Å². The quantitative estimate of drug-likeness (QED) is 0.665.